The fraction of sp³-hybridized carbons (Fsp3) is 0.273. The zero-order valence-corrected chi connectivity index (χ0v) is 15.2. The quantitative estimate of drug-likeness (QED) is 0.716. The number of aromatic nitrogens is 2. The minimum Gasteiger partial charge on any atom is -0.338 e. The van der Waals surface area contributed by atoms with Crippen LogP contribution in [0, 0.1) is 13.8 Å². The molecule has 132 valence electrons. The Labute approximate surface area is 154 Å². The van der Waals surface area contributed by atoms with Crippen LogP contribution in [0.3, 0.4) is 0 Å². The van der Waals surface area contributed by atoms with Crippen molar-refractivity contribution >= 4 is 5.91 Å². The first-order valence-corrected chi connectivity index (χ1v) is 9.08. The van der Waals surface area contributed by atoms with Gasteiger partial charge in [0.1, 0.15) is 0 Å². The van der Waals surface area contributed by atoms with Gasteiger partial charge in [-0.15, -0.1) is 0 Å². The van der Waals surface area contributed by atoms with Crippen molar-refractivity contribution in [3.63, 3.8) is 0 Å². The lowest BCUT2D eigenvalue weighted by Gasteiger charge is -2.17. The number of hydrogen-bond donors (Lipinski definition) is 0. The molecule has 0 radical (unpaired) electrons. The molecule has 1 aliphatic heterocycles. The van der Waals surface area contributed by atoms with E-state index in [9.17, 15) is 4.79 Å². The number of aryl methyl sites for hydroxylation is 1. The summed E-state index contributed by atoms with van der Waals surface area (Å²) in [7, 11) is 0. The zero-order valence-electron chi connectivity index (χ0n) is 15.2. The summed E-state index contributed by atoms with van der Waals surface area (Å²) in [5.74, 6) is 0.564. The van der Waals surface area contributed by atoms with E-state index in [1.165, 1.54) is 5.56 Å². The Bertz CT molecular complexity index is 915. The molecular formula is C22H23N3O. The van der Waals surface area contributed by atoms with Gasteiger partial charge >= 0.3 is 0 Å². The maximum atomic E-state index is 13.1. The van der Waals surface area contributed by atoms with Crippen LogP contribution >= 0.6 is 0 Å². The van der Waals surface area contributed by atoms with Crippen LogP contribution in [0.5, 0.6) is 0 Å². The van der Waals surface area contributed by atoms with Crippen LogP contribution in [0.25, 0.3) is 5.69 Å². The Morgan fingerprint density at radius 2 is 1.92 bits per heavy atom. The van der Waals surface area contributed by atoms with Gasteiger partial charge in [-0.3, -0.25) is 9.78 Å². The summed E-state index contributed by atoms with van der Waals surface area (Å²) in [5, 5.41) is 0. The van der Waals surface area contributed by atoms with Gasteiger partial charge in [-0.05, 0) is 44.0 Å². The fourth-order valence-corrected chi connectivity index (χ4v) is 3.98. The highest BCUT2D eigenvalue weighted by Crippen LogP contribution is 2.29. The third kappa shape index (κ3) is 2.92. The number of pyridine rings is 1. The van der Waals surface area contributed by atoms with Crippen molar-refractivity contribution in [2.45, 2.75) is 26.2 Å². The van der Waals surface area contributed by atoms with Crippen molar-refractivity contribution in [2.75, 3.05) is 13.1 Å². The summed E-state index contributed by atoms with van der Waals surface area (Å²) in [6.45, 7) is 5.65. The Morgan fingerprint density at radius 1 is 1.12 bits per heavy atom. The molecule has 1 aromatic carbocycles. The van der Waals surface area contributed by atoms with Gasteiger partial charge in [-0.25, -0.2) is 0 Å². The highest BCUT2D eigenvalue weighted by molar-refractivity contribution is 5.96. The minimum absolute atomic E-state index is 0.131. The number of hydrogen-bond acceptors (Lipinski definition) is 2. The molecule has 4 rings (SSSR count). The highest BCUT2D eigenvalue weighted by Gasteiger charge is 2.29. The number of likely N-dealkylation sites (tertiary alicyclic amines) is 1. The molecule has 1 amide bonds. The lowest BCUT2D eigenvalue weighted by Crippen LogP contribution is -2.28. The molecule has 0 unspecified atom stereocenters. The Morgan fingerprint density at radius 3 is 2.65 bits per heavy atom. The minimum atomic E-state index is 0.131. The van der Waals surface area contributed by atoms with Crippen LogP contribution < -0.4 is 0 Å². The van der Waals surface area contributed by atoms with E-state index in [0.717, 1.165) is 42.1 Å². The first kappa shape index (κ1) is 16.6. The lowest BCUT2D eigenvalue weighted by molar-refractivity contribution is 0.0790. The largest absolute Gasteiger partial charge is 0.338 e. The molecule has 3 heterocycles. The molecule has 0 bridgehead atoms. The van der Waals surface area contributed by atoms with Crippen LogP contribution in [0.2, 0.25) is 0 Å². The summed E-state index contributed by atoms with van der Waals surface area (Å²) < 4.78 is 2.10. The van der Waals surface area contributed by atoms with E-state index in [4.69, 9.17) is 0 Å². The van der Waals surface area contributed by atoms with Crippen LogP contribution in [-0.4, -0.2) is 33.4 Å². The molecule has 1 aliphatic rings. The molecule has 3 aromatic rings. The summed E-state index contributed by atoms with van der Waals surface area (Å²) in [5.41, 5.74) is 5.13. The van der Waals surface area contributed by atoms with E-state index in [0.29, 0.717) is 5.92 Å². The normalized spacial score (nSPS) is 16.8. The van der Waals surface area contributed by atoms with Crippen LogP contribution in [0.15, 0.2) is 60.9 Å². The number of benzene rings is 1. The number of rotatable bonds is 3. The van der Waals surface area contributed by atoms with Gasteiger partial charge in [-0.1, -0.05) is 30.3 Å². The zero-order chi connectivity index (χ0) is 18.1. The van der Waals surface area contributed by atoms with Crippen LogP contribution in [0.1, 0.15) is 39.6 Å². The predicted octanol–water partition coefficient (Wildman–Crippen LogP) is 4.12. The molecule has 1 fully saturated rings. The molecule has 4 heteroatoms. The van der Waals surface area contributed by atoms with Gasteiger partial charge in [-0.2, -0.15) is 0 Å². The van der Waals surface area contributed by atoms with Crippen molar-refractivity contribution in [3.8, 4) is 5.69 Å². The third-order valence-corrected chi connectivity index (χ3v) is 5.31. The van der Waals surface area contributed by atoms with E-state index in [1.807, 2.05) is 49.2 Å². The first-order valence-electron chi connectivity index (χ1n) is 9.08. The SMILES string of the molecule is Cc1cc(C(=O)N2CC[C@@H](c3ccccc3)C2)c(C)n1-c1cccnc1. The smallest absolute Gasteiger partial charge is 0.255 e. The number of nitrogens with zero attached hydrogens (tertiary/aromatic N) is 3. The maximum absolute atomic E-state index is 13.1. The molecule has 1 atom stereocenters. The van der Waals surface area contributed by atoms with Gasteiger partial charge in [0.2, 0.25) is 0 Å². The van der Waals surface area contributed by atoms with E-state index in [2.05, 4.69) is 33.8 Å². The Kier molecular flexibility index (Phi) is 4.33. The van der Waals surface area contributed by atoms with Crippen molar-refractivity contribution in [3.05, 3.63) is 83.4 Å². The van der Waals surface area contributed by atoms with Gasteiger partial charge in [0.05, 0.1) is 17.4 Å². The second-order valence-corrected chi connectivity index (χ2v) is 6.98. The van der Waals surface area contributed by atoms with E-state index < -0.39 is 0 Å². The monoisotopic (exact) mass is 345 g/mol. The molecule has 0 N–H and O–H groups in total. The third-order valence-electron chi connectivity index (χ3n) is 5.31. The molecule has 2 aromatic heterocycles. The Balaban J connectivity index is 1.58. The van der Waals surface area contributed by atoms with Crippen molar-refractivity contribution in [1.29, 1.82) is 0 Å². The fourth-order valence-electron chi connectivity index (χ4n) is 3.98. The molecule has 1 saturated heterocycles. The molecular weight excluding hydrogens is 322 g/mol. The summed E-state index contributed by atoms with van der Waals surface area (Å²) >= 11 is 0. The standard InChI is InChI=1S/C22H23N3O/c1-16-13-21(17(2)25(16)20-9-6-11-23-14-20)22(26)24-12-10-19(15-24)18-7-4-3-5-8-18/h3-9,11,13-14,19H,10,12,15H2,1-2H3/t19-/m1/s1. The van der Waals surface area contributed by atoms with Gasteiger partial charge < -0.3 is 9.47 Å². The number of carbonyl (C=O) groups excluding carboxylic acids is 1. The highest BCUT2D eigenvalue weighted by atomic mass is 16.2. The molecule has 0 saturated carbocycles. The number of carbonyl (C=O) groups is 1. The lowest BCUT2D eigenvalue weighted by atomic mass is 9.99. The average Bonchev–Trinajstić information content (AvgIpc) is 3.28. The van der Waals surface area contributed by atoms with Crippen LogP contribution in [0.4, 0.5) is 0 Å². The number of amides is 1. The summed E-state index contributed by atoms with van der Waals surface area (Å²) in [4.78, 5) is 19.3. The second kappa shape index (κ2) is 6.79. The molecule has 0 aliphatic carbocycles. The molecule has 0 spiro atoms. The Hall–Kier alpha value is -2.88. The average molecular weight is 345 g/mol. The van der Waals surface area contributed by atoms with Crippen molar-refractivity contribution in [1.82, 2.24) is 14.5 Å². The topological polar surface area (TPSA) is 38.1 Å². The summed E-state index contributed by atoms with van der Waals surface area (Å²) in [6.07, 6.45) is 4.62. The van der Waals surface area contributed by atoms with E-state index in [-0.39, 0.29) is 5.91 Å². The first-order chi connectivity index (χ1) is 12.6. The van der Waals surface area contributed by atoms with E-state index >= 15 is 0 Å². The maximum Gasteiger partial charge on any atom is 0.255 e. The van der Waals surface area contributed by atoms with Crippen molar-refractivity contribution in [2.24, 2.45) is 0 Å². The van der Waals surface area contributed by atoms with Gasteiger partial charge in [0, 0.05) is 36.6 Å². The second-order valence-electron chi connectivity index (χ2n) is 6.98. The van der Waals surface area contributed by atoms with E-state index in [1.54, 1.807) is 6.20 Å². The van der Waals surface area contributed by atoms with Crippen LogP contribution in [-0.2, 0) is 0 Å². The summed E-state index contributed by atoms with van der Waals surface area (Å²) in [6, 6.07) is 16.4. The van der Waals surface area contributed by atoms with Gasteiger partial charge in [0.15, 0.2) is 0 Å². The molecule has 4 nitrogen and oxygen atoms in total. The molecule has 26 heavy (non-hydrogen) atoms. The van der Waals surface area contributed by atoms with Crippen molar-refractivity contribution < 1.29 is 4.79 Å². The van der Waals surface area contributed by atoms with Gasteiger partial charge in [0.25, 0.3) is 5.91 Å². The predicted molar refractivity (Wildman–Crippen MR) is 103 cm³/mol.